The molecule has 0 spiro atoms. The summed E-state index contributed by atoms with van der Waals surface area (Å²) in [6.45, 7) is 6.98. The first kappa shape index (κ1) is 14.3. The third-order valence-corrected chi connectivity index (χ3v) is 6.43. The van der Waals surface area contributed by atoms with E-state index in [4.69, 9.17) is 0 Å². The molecule has 4 heteroatoms. The molecule has 2 rings (SSSR count). The fraction of sp³-hybridized carbons (Fsp3) is 1.00. The molecule has 1 saturated carbocycles. The Morgan fingerprint density at radius 1 is 1.22 bits per heavy atom. The van der Waals surface area contributed by atoms with Gasteiger partial charge in [-0.2, -0.15) is 0 Å². The summed E-state index contributed by atoms with van der Waals surface area (Å²) < 4.78 is 23.3. The zero-order valence-corrected chi connectivity index (χ0v) is 12.7. The minimum Gasteiger partial charge on any atom is -0.310 e. The molecular weight excluding hydrogens is 246 g/mol. The molecule has 2 fully saturated rings. The fourth-order valence-corrected chi connectivity index (χ4v) is 5.30. The maximum atomic E-state index is 11.6. The second kappa shape index (κ2) is 5.12. The maximum absolute atomic E-state index is 11.6. The molecule has 3 nitrogen and oxygen atoms in total. The van der Waals surface area contributed by atoms with Crippen LogP contribution in [0.15, 0.2) is 0 Å². The second-order valence-electron chi connectivity index (χ2n) is 7.11. The van der Waals surface area contributed by atoms with Gasteiger partial charge in [-0.25, -0.2) is 8.42 Å². The van der Waals surface area contributed by atoms with Gasteiger partial charge in [0.2, 0.25) is 0 Å². The molecule has 0 aromatic carbocycles. The summed E-state index contributed by atoms with van der Waals surface area (Å²) in [6.07, 6.45) is 5.52. The standard InChI is InChI=1S/C14H27NO2S/c1-11-9-14(2,3)7-6-13(11)15-12-5-4-8-18(16,17)10-12/h11-13,15H,4-10H2,1-3H3. The van der Waals surface area contributed by atoms with Crippen LogP contribution in [-0.2, 0) is 9.84 Å². The molecule has 2 aliphatic rings. The summed E-state index contributed by atoms with van der Waals surface area (Å²) >= 11 is 0. The largest absolute Gasteiger partial charge is 0.310 e. The SMILES string of the molecule is CC1CC(C)(C)CCC1NC1CCCS(=O)(=O)C1. The molecule has 1 aliphatic heterocycles. The highest BCUT2D eigenvalue weighted by molar-refractivity contribution is 7.91. The van der Waals surface area contributed by atoms with E-state index in [1.54, 1.807) is 0 Å². The van der Waals surface area contributed by atoms with E-state index < -0.39 is 9.84 Å². The Morgan fingerprint density at radius 3 is 2.56 bits per heavy atom. The van der Waals surface area contributed by atoms with Crippen molar-refractivity contribution in [2.75, 3.05) is 11.5 Å². The summed E-state index contributed by atoms with van der Waals surface area (Å²) in [5, 5.41) is 3.62. The summed E-state index contributed by atoms with van der Waals surface area (Å²) in [5.74, 6) is 1.39. The normalized spacial score (nSPS) is 39.4. The molecule has 1 N–H and O–H groups in total. The Bertz CT molecular complexity index is 389. The first-order valence-corrected chi connectivity index (χ1v) is 9.06. The first-order valence-electron chi connectivity index (χ1n) is 7.24. The molecular formula is C14H27NO2S. The number of sulfone groups is 1. The highest BCUT2D eigenvalue weighted by Crippen LogP contribution is 2.38. The van der Waals surface area contributed by atoms with Crippen LogP contribution in [-0.4, -0.2) is 32.0 Å². The van der Waals surface area contributed by atoms with Gasteiger partial charge in [0.05, 0.1) is 11.5 Å². The maximum Gasteiger partial charge on any atom is 0.151 e. The van der Waals surface area contributed by atoms with Crippen molar-refractivity contribution in [1.29, 1.82) is 0 Å². The lowest BCUT2D eigenvalue weighted by atomic mass is 9.70. The topological polar surface area (TPSA) is 46.2 Å². The molecule has 0 amide bonds. The van der Waals surface area contributed by atoms with E-state index in [-0.39, 0.29) is 6.04 Å². The van der Waals surface area contributed by atoms with Crippen molar-refractivity contribution in [3.05, 3.63) is 0 Å². The van der Waals surface area contributed by atoms with Crippen molar-refractivity contribution in [1.82, 2.24) is 5.32 Å². The van der Waals surface area contributed by atoms with Gasteiger partial charge in [-0.15, -0.1) is 0 Å². The smallest absolute Gasteiger partial charge is 0.151 e. The second-order valence-corrected chi connectivity index (χ2v) is 9.34. The lowest BCUT2D eigenvalue weighted by molar-refractivity contribution is 0.141. The van der Waals surface area contributed by atoms with Crippen LogP contribution in [0.2, 0.25) is 0 Å². The van der Waals surface area contributed by atoms with E-state index in [9.17, 15) is 8.42 Å². The van der Waals surface area contributed by atoms with E-state index in [0.29, 0.717) is 28.9 Å². The van der Waals surface area contributed by atoms with Crippen molar-refractivity contribution >= 4 is 9.84 Å². The average Bonchev–Trinajstić information content (AvgIpc) is 2.20. The van der Waals surface area contributed by atoms with Crippen LogP contribution in [0.3, 0.4) is 0 Å². The van der Waals surface area contributed by atoms with Crippen LogP contribution in [0.5, 0.6) is 0 Å². The van der Waals surface area contributed by atoms with Crippen LogP contribution in [0, 0.1) is 11.3 Å². The van der Waals surface area contributed by atoms with Crippen molar-refractivity contribution in [3.8, 4) is 0 Å². The molecule has 3 unspecified atom stereocenters. The quantitative estimate of drug-likeness (QED) is 0.840. The minimum atomic E-state index is -2.79. The van der Waals surface area contributed by atoms with Gasteiger partial charge in [-0.1, -0.05) is 20.8 Å². The molecule has 106 valence electrons. The van der Waals surface area contributed by atoms with Crippen molar-refractivity contribution in [2.24, 2.45) is 11.3 Å². The van der Waals surface area contributed by atoms with E-state index in [0.717, 1.165) is 12.8 Å². The van der Waals surface area contributed by atoms with Crippen molar-refractivity contribution < 1.29 is 8.42 Å². The highest BCUT2D eigenvalue weighted by Gasteiger charge is 2.34. The monoisotopic (exact) mass is 273 g/mol. The lowest BCUT2D eigenvalue weighted by Crippen LogP contribution is -2.50. The minimum absolute atomic E-state index is 0.192. The van der Waals surface area contributed by atoms with Crippen molar-refractivity contribution in [2.45, 2.75) is 65.0 Å². The third kappa shape index (κ3) is 3.70. The molecule has 0 aromatic heterocycles. The van der Waals surface area contributed by atoms with Gasteiger partial charge in [0, 0.05) is 12.1 Å². The first-order chi connectivity index (χ1) is 8.27. The van der Waals surface area contributed by atoms with Gasteiger partial charge in [0.1, 0.15) is 0 Å². The van der Waals surface area contributed by atoms with Crippen LogP contribution >= 0.6 is 0 Å². The lowest BCUT2D eigenvalue weighted by Gasteiger charge is -2.41. The van der Waals surface area contributed by atoms with Gasteiger partial charge >= 0.3 is 0 Å². The number of hydrogen-bond donors (Lipinski definition) is 1. The number of rotatable bonds is 2. The number of nitrogens with one attached hydrogen (secondary N) is 1. The van der Waals surface area contributed by atoms with E-state index >= 15 is 0 Å². The molecule has 3 atom stereocenters. The van der Waals surface area contributed by atoms with E-state index in [1.165, 1.54) is 19.3 Å². The Kier molecular flexibility index (Phi) is 4.07. The van der Waals surface area contributed by atoms with Gasteiger partial charge in [-0.3, -0.25) is 0 Å². The summed E-state index contributed by atoms with van der Waals surface area (Å²) in [6, 6.07) is 0.703. The number of hydrogen-bond acceptors (Lipinski definition) is 3. The van der Waals surface area contributed by atoms with Crippen LogP contribution in [0.25, 0.3) is 0 Å². The van der Waals surface area contributed by atoms with E-state index in [2.05, 4.69) is 26.1 Å². The molecule has 0 bridgehead atoms. The highest BCUT2D eigenvalue weighted by atomic mass is 32.2. The Morgan fingerprint density at radius 2 is 1.94 bits per heavy atom. The van der Waals surface area contributed by atoms with Crippen molar-refractivity contribution in [3.63, 3.8) is 0 Å². The van der Waals surface area contributed by atoms with Gasteiger partial charge in [-0.05, 0) is 43.4 Å². The van der Waals surface area contributed by atoms with Gasteiger partial charge < -0.3 is 5.32 Å². The summed E-state index contributed by atoms with van der Waals surface area (Å²) in [4.78, 5) is 0. The summed E-state index contributed by atoms with van der Waals surface area (Å²) in [5.41, 5.74) is 0.455. The Labute approximate surface area is 112 Å². The zero-order valence-electron chi connectivity index (χ0n) is 11.9. The zero-order chi connectivity index (χ0) is 13.4. The molecule has 0 aromatic rings. The van der Waals surface area contributed by atoms with Crippen LogP contribution in [0.1, 0.15) is 52.9 Å². The molecule has 1 aliphatic carbocycles. The Hall–Kier alpha value is -0.0900. The van der Waals surface area contributed by atoms with Crippen LogP contribution < -0.4 is 5.32 Å². The predicted molar refractivity (Wildman–Crippen MR) is 75.4 cm³/mol. The Balaban J connectivity index is 1.90. The molecule has 1 saturated heterocycles. The predicted octanol–water partition coefficient (Wildman–Crippen LogP) is 2.37. The van der Waals surface area contributed by atoms with Crippen LogP contribution in [0.4, 0.5) is 0 Å². The molecule has 0 radical (unpaired) electrons. The molecule has 1 heterocycles. The van der Waals surface area contributed by atoms with Gasteiger partial charge in [0.25, 0.3) is 0 Å². The van der Waals surface area contributed by atoms with E-state index in [1.807, 2.05) is 0 Å². The average molecular weight is 273 g/mol. The fourth-order valence-electron chi connectivity index (χ4n) is 3.65. The van der Waals surface area contributed by atoms with Gasteiger partial charge in [0.15, 0.2) is 9.84 Å². The summed E-state index contributed by atoms with van der Waals surface area (Å²) in [7, 11) is -2.79. The third-order valence-electron chi connectivity index (χ3n) is 4.61. The molecule has 18 heavy (non-hydrogen) atoms.